The minimum absolute atomic E-state index is 0.0472. The van der Waals surface area contributed by atoms with Crippen LogP contribution in [0.3, 0.4) is 0 Å². The van der Waals surface area contributed by atoms with E-state index in [1.807, 2.05) is 6.92 Å². The number of unbranched alkanes of at least 4 members (excludes halogenated alkanes) is 2. The number of alkyl halides is 1. The van der Waals surface area contributed by atoms with Gasteiger partial charge >= 0.3 is 0 Å². The maximum absolute atomic E-state index is 11.5. The Morgan fingerprint density at radius 1 is 1.27 bits per heavy atom. The topological polar surface area (TPSA) is 46.2 Å². The molecule has 0 aromatic heterocycles. The average molecular weight is 256 g/mol. The molecule has 0 saturated carbocycles. The fraction of sp³-hybridized carbons (Fsp3) is 1.00. The van der Waals surface area contributed by atoms with Gasteiger partial charge in [-0.1, -0.05) is 19.8 Å². The van der Waals surface area contributed by atoms with Crippen LogP contribution in [0, 0.1) is 0 Å². The fourth-order valence-electron chi connectivity index (χ4n) is 1.32. The van der Waals surface area contributed by atoms with E-state index in [4.69, 9.17) is 11.6 Å². The van der Waals surface area contributed by atoms with Crippen LogP contribution in [-0.4, -0.2) is 26.1 Å². The predicted molar refractivity (Wildman–Crippen MR) is 65.9 cm³/mol. The van der Waals surface area contributed by atoms with Crippen molar-refractivity contribution in [2.45, 2.75) is 52.0 Å². The van der Waals surface area contributed by atoms with E-state index in [1.165, 1.54) is 0 Å². The van der Waals surface area contributed by atoms with Gasteiger partial charge in [-0.05, 0) is 26.2 Å². The number of halogens is 1. The van der Waals surface area contributed by atoms with Crippen molar-refractivity contribution >= 4 is 21.6 Å². The molecule has 0 bridgehead atoms. The Kier molecular flexibility index (Phi) is 8.47. The lowest BCUT2D eigenvalue weighted by molar-refractivity contribution is 0.532. The molecule has 0 saturated heterocycles. The highest BCUT2D eigenvalue weighted by atomic mass is 35.5. The first-order valence-corrected chi connectivity index (χ1v) is 7.76. The third kappa shape index (κ3) is 9.15. The van der Waals surface area contributed by atoms with Crippen molar-refractivity contribution in [1.29, 1.82) is 0 Å². The van der Waals surface area contributed by atoms with Gasteiger partial charge in [0.25, 0.3) is 0 Å². The van der Waals surface area contributed by atoms with Crippen molar-refractivity contribution in [3.8, 4) is 0 Å². The molecule has 15 heavy (non-hydrogen) atoms. The monoisotopic (exact) mass is 255 g/mol. The Bertz CT molecular complexity index is 242. The molecule has 0 aromatic rings. The molecule has 0 spiro atoms. The van der Waals surface area contributed by atoms with E-state index >= 15 is 0 Å². The summed E-state index contributed by atoms with van der Waals surface area (Å²) >= 11 is 5.49. The number of nitrogens with one attached hydrogen (secondary N) is 1. The largest absolute Gasteiger partial charge is 0.212 e. The number of sulfonamides is 1. The zero-order chi connectivity index (χ0) is 11.7. The molecule has 5 heteroatoms. The third-order valence-corrected chi connectivity index (χ3v) is 4.02. The van der Waals surface area contributed by atoms with Crippen LogP contribution in [0.15, 0.2) is 0 Å². The summed E-state index contributed by atoms with van der Waals surface area (Å²) < 4.78 is 25.7. The van der Waals surface area contributed by atoms with Crippen molar-refractivity contribution in [1.82, 2.24) is 4.72 Å². The van der Waals surface area contributed by atoms with Gasteiger partial charge in [-0.2, -0.15) is 0 Å². The first-order valence-electron chi connectivity index (χ1n) is 5.57. The highest BCUT2D eigenvalue weighted by Gasteiger charge is 2.13. The van der Waals surface area contributed by atoms with Crippen LogP contribution in [0.1, 0.15) is 46.0 Å². The lowest BCUT2D eigenvalue weighted by Gasteiger charge is -2.13. The third-order valence-electron chi connectivity index (χ3n) is 2.17. The molecule has 0 aliphatic rings. The van der Waals surface area contributed by atoms with E-state index in [0.717, 1.165) is 25.7 Å². The maximum Gasteiger partial charge on any atom is 0.211 e. The number of hydrogen-bond donors (Lipinski definition) is 1. The summed E-state index contributed by atoms with van der Waals surface area (Å²) in [4.78, 5) is 0. The van der Waals surface area contributed by atoms with Gasteiger partial charge in [0, 0.05) is 11.9 Å². The Balaban J connectivity index is 3.81. The highest BCUT2D eigenvalue weighted by molar-refractivity contribution is 7.89. The molecule has 0 amide bonds. The van der Waals surface area contributed by atoms with Crippen molar-refractivity contribution < 1.29 is 8.42 Å². The minimum Gasteiger partial charge on any atom is -0.212 e. The summed E-state index contributed by atoms with van der Waals surface area (Å²) in [7, 11) is -3.09. The quantitative estimate of drug-likeness (QED) is 0.508. The van der Waals surface area contributed by atoms with Crippen LogP contribution < -0.4 is 4.72 Å². The van der Waals surface area contributed by atoms with E-state index in [1.54, 1.807) is 0 Å². The lowest BCUT2D eigenvalue weighted by atomic mass is 10.2. The van der Waals surface area contributed by atoms with E-state index in [9.17, 15) is 8.42 Å². The smallest absolute Gasteiger partial charge is 0.211 e. The van der Waals surface area contributed by atoms with Gasteiger partial charge in [-0.25, -0.2) is 13.1 Å². The first-order chi connectivity index (χ1) is 7.02. The normalized spacial score (nSPS) is 14.1. The summed E-state index contributed by atoms with van der Waals surface area (Å²) in [5.41, 5.74) is 0. The van der Waals surface area contributed by atoms with E-state index < -0.39 is 10.0 Å². The summed E-state index contributed by atoms with van der Waals surface area (Å²) in [5, 5.41) is 0. The van der Waals surface area contributed by atoms with Crippen LogP contribution in [0.5, 0.6) is 0 Å². The SMILES string of the molecule is CCCCC(C)NS(=O)(=O)CCCCCl. The average Bonchev–Trinajstić information content (AvgIpc) is 2.14. The lowest BCUT2D eigenvalue weighted by Crippen LogP contribution is -2.34. The molecule has 0 aliphatic heterocycles. The van der Waals surface area contributed by atoms with Crippen LogP contribution in [0.25, 0.3) is 0 Å². The molecule has 0 aliphatic carbocycles. The van der Waals surface area contributed by atoms with Gasteiger partial charge < -0.3 is 0 Å². The Hall–Kier alpha value is 0.200. The first kappa shape index (κ1) is 15.2. The zero-order valence-electron chi connectivity index (χ0n) is 9.63. The molecule has 3 nitrogen and oxygen atoms in total. The van der Waals surface area contributed by atoms with Crippen molar-refractivity contribution in [2.24, 2.45) is 0 Å². The molecule has 0 fully saturated rings. The molecule has 0 aromatic carbocycles. The Labute approximate surface area is 98.6 Å². The van der Waals surface area contributed by atoms with E-state index in [-0.39, 0.29) is 11.8 Å². The number of hydrogen-bond acceptors (Lipinski definition) is 2. The second kappa shape index (κ2) is 8.36. The molecule has 0 rings (SSSR count). The fourth-order valence-corrected chi connectivity index (χ4v) is 2.94. The van der Waals surface area contributed by atoms with Crippen LogP contribution >= 0.6 is 11.6 Å². The molecular weight excluding hydrogens is 234 g/mol. The molecular formula is C10H22ClNO2S. The van der Waals surface area contributed by atoms with Gasteiger partial charge in [0.05, 0.1) is 5.75 Å². The van der Waals surface area contributed by atoms with Crippen LogP contribution in [-0.2, 0) is 10.0 Å². The molecule has 92 valence electrons. The second-order valence-corrected chi connectivity index (χ2v) is 6.13. The van der Waals surface area contributed by atoms with Crippen molar-refractivity contribution in [3.05, 3.63) is 0 Å². The molecule has 1 unspecified atom stereocenters. The minimum atomic E-state index is -3.09. The van der Waals surface area contributed by atoms with Gasteiger partial charge in [0.2, 0.25) is 10.0 Å². The summed E-state index contributed by atoms with van der Waals surface area (Å²) in [6.45, 7) is 4.01. The summed E-state index contributed by atoms with van der Waals surface area (Å²) in [6.07, 6.45) is 4.46. The Morgan fingerprint density at radius 2 is 1.93 bits per heavy atom. The second-order valence-electron chi connectivity index (χ2n) is 3.88. The zero-order valence-corrected chi connectivity index (χ0v) is 11.2. The Morgan fingerprint density at radius 3 is 2.47 bits per heavy atom. The van der Waals surface area contributed by atoms with E-state index in [2.05, 4.69) is 11.6 Å². The van der Waals surface area contributed by atoms with Gasteiger partial charge in [0.15, 0.2) is 0 Å². The van der Waals surface area contributed by atoms with Crippen LogP contribution in [0.2, 0.25) is 0 Å². The molecule has 0 radical (unpaired) electrons. The standard InChI is InChI=1S/C10H22ClNO2S/c1-3-4-7-10(2)12-15(13,14)9-6-5-8-11/h10,12H,3-9H2,1-2H3. The molecule has 1 N–H and O–H groups in total. The maximum atomic E-state index is 11.5. The molecule has 0 heterocycles. The number of rotatable bonds is 9. The highest BCUT2D eigenvalue weighted by Crippen LogP contribution is 2.03. The molecule has 1 atom stereocenters. The summed E-state index contributed by atoms with van der Waals surface area (Å²) in [6, 6.07) is 0.0472. The van der Waals surface area contributed by atoms with Crippen molar-refractivity contribution in [3.63, 3.8) is 0 Å². The van der Waals surface area contributed by atoms with Gasteiger partial charge in [0.1, 0.15) is 0 Å². The van der Waals surface area contributed by atoms with Crippen LogP contribution in [0.4, 0.5) is 0 Å². The predicted octanol–water partition coefficient (Wildman–Crippen LogP) is 2.50. The van der Waals surface area contributed by atoms with E-state index in [0.29, 0.717) is 12.3 Å². The van der Waals surface area contributed by atoms with Crippen molar-refractivity contribution in [2.75, 3.05) is 11.6 Å². The summed E-state index contributed by atoms with van der Waals surface area (Å²) in [5.74, 6) is 0.719. The van der Waals surface area contributed by atoms with Gasteiger partial charge in [-0.15, -0.1) is 11.6 Å². The van der Waals surface area contributed by atoms with Gasteiger partial charge in [-0.3, -0.25) is 0 Å².